The van der Waals surface area contributed by atoms with Crippen LogP contribution in [0.1, 0.15) is 40.5 Å². The highest BCUT2D eigenvalue weighted by atomic mass is 14.8. The molecule has 1 nitrogen and oxygen atoms in total. The minimum absolute atomic E-state index is 0.756. The summed E-state index contributed by atoms with van der Waals surface area (Å²) in [4.78, 5) is 0. The van der Waals surface area contributed by atoms with Gasteiger partial charge in [-0.25, -0.2) is 0 Å². The maximum Gasteiger partial charge on any atom is -0.00143 e. The summed E-state index contributed by atoms with van der Waals surface area (Å²) in [6, 6.07) is 0. The van der Waals surface area contributed by atoms with E-state index in [2.05, 4.69) is 39.1 Å². The van der Waals surface area contributed by atoms with Crippen molar-refractivity contribution in [1.82, 2.24) is 5.32 Å². The number of rotatable bonds is 6. The standard InChI is InChI=1S/C11H23N/c1-5-10(3)11(4)8-7-9-12-6-2/h8,10,12H,5-7,9H2,1-4H3. The topological polar surface area (TPSA) is 12.0 Å². The van der Waals surface area contributed by atoms with E-state index in [9.17, 15) is 0 Å². The first-order valence-corrected chi connectivity index (χ1v) is 5.09. The third-order valence-corrected chi connectivity index (χ3v) is 2.43. The van der Waals surface area contributed by atoms with Crippen molar-refractivity contribution in [3.8, 4) is 0 Å². The van der Waals surface area contributed by atoms with Crippen molar-refractivity contribution in [3.05, 3.63) is 11.6 Å². The van der Waals surface area contributed by atoms with Gasteiger partial charge in [0.25, 0.3) is 0 Å². The summed E-state index contributed by atoms with van der Waals surface area (Å²) in [5, 5.41) is 3.32. The minimum atomic E-state index is 0.756. The molecule has 0 bridgehead atoms. The Morgan fingerprint density at radius 1 is 1.42 bits per heavy atom. The largest absolute Gasteiger partial charge is 0.317 e. The van der Waals surface area contributed by atoms with Gasteiger partial charge in [-0.05, 0) is 38.8 Å². The molecule has 0 aliphatic carbocycles. The highest BCUT2D eigenvalue weighted by molar-refractivity contribution is 5.01. The van der Waals surface area contributed by atoms with Crippen LogP contribution in [0.4, 0.5) is 0 Å². The van der Waals surface area contributed by atoms with E-state index in [1.54, 1.807) is 0 Å². The van der Waals surface area contributed by atoms with E-state index in [0.29, 0.717) is 0 Å². The molecule has 0 saturated carbocycles. The minimum Gasteiger partial charge on any atom is -0.317 e. The summed E-state index contributed by atoms with van der Waals surface area (Å²) in [7, 11) is 0. The highest BCUT2D eigenvalue weighted by Gasteiger charge is 1.98. The monoisotopic (exact) mass is 169 g/mol. The number of hydrogen-bond acceptors (Lipinski definition) is 1. The van der Waals surface area contributed by atoms with Gasteiger partial charge in [0.2, 0.25) is 0 Å². The van der Waals surface area contributed by atoms with Gasteiger partial charge in [-0.1, -0.05) is 32.4 Å². The lowest BCUT2D eigenvalue weighted by Crippen LogP contribution is -2.13. The molecule has 0 spiro atoms. The summed E-state index contributed by atoms with van der Waals surface area (Å²) in [5.41, 5.74) is 1.54. The first-order valence-electron chi connectivity index (χ1n) is 5.09. The van der Waals surface area contributed by atoms with Crippen molar-refractivity contribution in [2.45, 2.75) is 40.5 Å². The lowest BCUT2D eigenvalue weighted by atomic mass is 9.99. The van der Waals surface area contributed by atoms with Gasteiger partial charge in [-0.2, -0.15) is 0 Å². The van der Waals surface area contributed by atoms with Gasteiger partial charge in [0, 0.05) is 0 Å². The molecular weight excluding hydrogens is 146 g/mol. The second kappa shape index (κ2) is 7.35. The van der Waals surface area contributed by atoms with Crippen molar-refractivity contribution in [2.24, 2.45) is 5.92 Å². The molecule has 1 N–H and O–H groups in total. The zero-order valence-corrected chi connectivity index (χ0v) is 8.98. The van der Waals surface area contributed by atoms with Crippen LogP contribution in [0.25, 0.3) is 0 Å². The molecule has 1 atom stereocenters. The third kappa shape index (κ3) is 5.36. The predicted molar refractivity (Wildman–Crippen MR) is 56.4 cm³/mol. The van der Waals surface area contributed by atoms with Gasteiger partial charge in [0.1, 0.15) is 0 Å². The molecule has 0 rings (SSSR count). The van der Waals surface area contributed by atoms with Crippen LogP contribution in [-0.4, -0.2) is 13.1 Å². The van der Waals surface area contributed by atoms with Crippen LogP contribution < -0.4 is 5.32 Å². The van der Waals surface area contributed by atoms with E-state index in [4.69, 9.17) is 0 Å². The second-order valence-electron chi connectivity index (χ2n) is 3.40. The quantitative estimate of drug-likeness (QED) is 0.476. The average molecular weight is 169 g/mol. The Morgan fingerprint density at radius 3 is 2.58 bits per heavy atom. The molecule has 1 unspecified atom stereocenters. The van der Waals surface area contributed by atoms with E-state index in [-0.39, 0.29) is 0 Å². The molecule has 0 fully saturated rings. The van der Waals surface area contributed by atoms with E-state index in [0.717, 1.165) is 19.0 Å². The molecule has 0 aromatic heterocycles. The maximum absolute atomic E-state index is 3.32. The van der Waals surface area contributed by atoms with E-state index in [1.165, 1.54) is 18.4 Å². The van der Waals surface area contributed by atoms with Crippen LogP contribution in [0.5, 0.6) is 0 Å². The number of nitrogens with one attached hydrogen (secondary N) is 1. The van der Waals surface area contributed by atoms with Crippen molar-refractivity contribution in [1.29, 1.82) is 0 Å². The molecule has 0 aliphatic heterocycles. The Labute approximate surface area is 77.2 Å². The second-order valence-corrected chi connectivity index (χ2v) is 3.40. The highest BCUT2D eigenvalue weighted by Crippen LogP contribution is 2.13. The van der Waals surface area contributed by atoms with Crippen LogP contribution in [0.3, 0.4) is 0 Å². The normalized spacial score (nSPS) is 14.8. The Kier molecular flexibility index (Phi) is 7.17. The summed E-state index contributed by atoms with van der Waals surface area (Å²) in [5.74, 6) is 0.756. The fourth-order valence-electron chi connectivity index (χ4n) is 1.10. The molecule has 12 heavy (non-hydrogen) atoms. The van der Waals surface area contributed by atoms with Crippen molar-refractivity contribution < 1.29 is 0 Å². The van der Waals surface area contributed by atoms with Crippen LogP contribution >= 0.6 is 0 Å². The Hall–Kier alpha value is -0.300. The first-order chi connectivity index (χ1) is 5.72. The fraction of sp³-hybridized carbons (Fsp3) is 0.818. The smallest absolute Gasteiger partial charge is 0.00143 e. The van der Waals surface area contributed by atoms with Crippen LogP contribution in [0.2, 0.25) is 0 Å². The molecule has 0 radical (unpaired) electrons. The van der Waals surface area contributed by atoms with Gasteiger partial charge in [-0.3, -0.25) is 0 Å². The first kappa shape index (κ1) is 11.7. The van der Waals surface area contributed by atoms with Gasteiger partial charge in [0.05, 0.1) is 0 Å². The van der Waals surface area contributed by atoms with E-state index >= 15 is 0 Å². The molecule has 0 heterocycles. The predicted octanol–water partition coefficient (Wildman–Crippen LogP) is 2.98. The molecular formula is C11H23N. The van der Waals surface area contributed by atoms with Crippen LogP contribution in [0, 0.1) is 5.92 Å². The number of hydrogen-bond donors (Lipinski definition) is 1. The number of allylic oxidation sites excluding steroid dienone is 1. The summed E-state index contributed by atoms with van der Waals surface area (Å²) in [6.45, 7) is 11.1. The SMILES string of the molecule is CCNCCC=C(C)C(C)CC. The molecule has 0 aliphatic rings. The molecule has 72 valence electrons. The van der Waals surface area contributed by atoms with Crippen molar-refractivity contribution >= 4 is 0 Å². The lowest BCUT2D eigenvalue weighted by Gasteiger charge is -2.08. The fourth-order valence-corrected chi connectivity index (χ4v) is 1.10. The van der Waals surface area contributed by atoms with Crippen molar-refractivity contribution in [3.63, 3.8) is 0 Å². The summed E-state index contributed by atoms with van der Waals surface area (Å²) >= 11 is 0. The zero-order chi connectivity index (χ0) is 9.40. The Bertz CT molecular complexity index is 127. The third-order valence-electron chi connectivity index (χ3n) is 2.43. The van der Waals surface area contributed by atoms with Gasteiger partial charge in [-0.15, -0.1) is 0 Å². The molecule has 0 aromatic rings. The Balaban J connectivity index is 3.54. The van der Waals surface area contributed by atoms with Crippen LogP contribution in [0.15, 0.2) is 11.6 Å². The lowest BCUT2D eigenvalue weighted by molar-refractivity contribution is 0.646. The van der Waals surface area contributed by atoms with E-state index in [1.807, 2.05) is 0 Å². The molecule has 1 heteroatoms. The van der Waals surface area contributed by atoms with Crippen molar-refractivity contribution in [2.75, 3.05) is 13.1 Å². The summed E-state index contributed by atoms with van der Waals surface area (Å²) < 4.78 is 0. The van der Waals surface area contributed by atoms with Gasteiger partial charge in [0.15, 0.2) is 0 Å². The maximum atomic E-state index is 3.32. The molecule has 0 aromatic carbocycles. The van der Waals surface area contributed by atoms with Gasteiger partial charge >= 0.3 is 0 Å². The average Bonchev–Trinajstić information content (AvgIpc) is 2.10. The zero-order valence-electron chi connectivity index (χ0n) is 8.98. The van der Waals surface area contributed by atoms with E-state index < -0.39 is 0 Å². The Morgan fingerprint density at radius 2 is 2.08 bits per heavy atom. The molecule has 0 amide bonds. The summed E-state index contributed by atoms with van der Waals surface area (Å²) in [6.07, 6.45) is 4.78. The van der Waals surface area contributed by atoms with Gasteiger partial charge < -0.3 is 5.32 Å². The van der Waals surface area contributed by atoms with Crippen LogP contribution in [-0.2, 0) is 0 Å². The molecule has 0 saturated heterocycles.